The first-order chi connectivity index (χ1) is 11.5. The van der Waals surface area contributed by atoms with E-state index in [2.05, 4.69) is 5.32 Å². The summed E-state index contributed by atoms with van der Waals surface area (Å²) in [4.78, 5) is 12.4. The molecule has 3 rings (SSSR count). The van der Waals surface area contributed by atoms with Gasteiger partial charge in [-0.1, -0.05) is 48.4 Å². The van der Waals surface area contributed by atoms with E-state index >= 15 is 0 Å². The van der Waals surface area contributed by atoms with Crippen LogP contribution >= 0.6 is 0 Å². The van der Waals surface area contributed by atoms with Crippen molar-refractivity contribution >= 4 is 5.91 Å². The van der Waals surface area contributed by atoms with Crippen molar-refractivity contribution in [1.82, 2.24) is 5.32 Å². The van der Waals surface area contributed by atoms with Crippen molar-refractivity contribution in [2.75, 3.05) is 6.54 Å². The number of rotatable bonds is 5. The van der Waals surface area contributed by atoms with E-state index in [1.54, 1.807) is 0 Å². The van der Waals surface area contributed by atoms with Crippen molar-refractivity contribution in [3.05, 3.63) is 71.0 Å². The van der Waals surface area contributed by atoms with Gasteiger partial charge in [-0.05, 0) is 43.0 Å². The first-order valence-electron chi connectivity index (χ1n) is 8.36. The number of carbonyl (C=O) groups is 1. The molecule has 0 spiro atoms. The third-order valence-corrected chi connectivity index (χ3v) is 5.09. The predicted octanol–water partition coefficient (Wildman–Crippen LogP) is 3.37. The number of nitrogens with one attached hydrogen (secondary N) is 1. The first-order valence-corrected chi connectivity index (χ1v) is 8.36. The number of amides is 1. The Kier molecular flexibility index (Phi) is 4.67. The lowest BCUT2D eigenvalue weighted by Crippen LogP contribution is -2.47. The van der Waals surface area contributed by atoms with Crippen molar-refractivity contribution in [3.63, 3.8) is 0 Å². The van der Waals surface area contributed by atoms with Gasteiger partial charge in [0.05, 0.1) is 0 Å². The molecule has 2 aromatic rings. The van der Waals surface area contributed by atoms with Crippen LogP contribution in [0.5, 0.6) is 0 Å². The highest BCUT2D eigenvalue weighted by Gasteiger charge is 2.39. The van der Waals surface area contributed by atoms with Gasteiger partial charge < -0.3 is 11.1 Å². The van der Waals surface area contributed by atoms with Gasteiger partial charge in [-0.3, -0.25) is 4.79 Å². The molecule has 1 unspecified atom stereocenters. The van der Waals surface area contributed by atoms with Crippen LogP contribution < -0.4 is 11.1 Å². The second-order valence-corrected chi connectivity index (χ2v) is 6.75. The predicted molar refractivity (Wildman–Crippen MR) is 93.0 cm³/mol. The Bertz CT molecular complexity index is 705. The molecule has 0 saturated heterocycles. The van der Waals surface area contributed by atoms with Gasteiger partial charge in [-0.2, -0.15) is 0 Å². The van der Waals surface area contributed by atoms with Crippen LogP contribution in [0.15, 0.2) is 48.5 Å². The maximum Gasteiger partial charge on any atom is 0.241 e. The number of nitrogens with two attached hydrogens (primary N) is 1. The third kappa shape index (κ3) is 3.34. The summed E-state index contributed by atoms with van der Waals surface area (Å²) in [5.41, 5.74) is 9.01. The van der Waals surface area contributed by atoms with Gasteiger partial charge >= 0.3 is 0 Å². The first kappa shape index (κ1) is 16.7. The number of hydrogen-bond donors (Lipinski definition) is 2. The molecular weight excluding hydrogens is 303 g/mol. The van der Waals surface area contributed by atoms with Gasteiger partial charge in [0.15, 0.2) is 0 Å². The van der Waals surface area contributed by atoms with Gasteiger partial charge in [-0.25, -0.2) is 4.39 Å². The molecule has 2 aromatic carbocycles. The summed E-state index contributed by atoms with van der Waals surface area (Å²) in [5.74, 6) is -0.411. The Labute approximate surface area is 142 Å². The average Bonchev–Trinajstić information content (AvgIpc) is 2.55. The van der Waals surface area contributed by atoms with Gasteiger partial charge in [0.25, 0.3) is 0 Å². The van der Waals surface area contributed by atoms with E-state index < -0.39 is 6.04 Å². The van der Waals surface area contributed by atoms with Crippen LogP contribution in [-0.2, 0) is 10.2 Å². The van der Waals surface area contributed by atoms with E-state index in [1.165, 1.54) is 12.1 Å². The van der Waals surface area contributed by atoms with Crippen molar-refractivity contribution in [1.29, 1.82) is 0 Å². The maximum absolute atomic E-state index is 13.1. The standard InChI is InChI=1S/C20H23FN2O/c1-14-3-5-15(6-4-14)18(22)19(24)23-13-20(11-2-12-20)16-7-9-17(21)10-8-16/h3-10,18H,2,11-13,22H2,1H3,(H,23,24). The molecule has 4 heteroatoms. The zero-order valence-electron chi connectivity index (χ0n) is 13.9. The molecule has 24 heavy (non-hydrogen) atoms. The zero-order valence-corrected chi connectivity index (χ0v) is 13.9. The minimum Gasteiger partial charge on any atom is -0.354 e. The minimum atomic E-state index is -0.670. The molecule has 3 nitrogen and oxygen atoms in total. The van der Waals surface area contributed by atoms with Gasteiger partial charge in [-0.15, -0.1) is 0 Å². The average molecular weight is 326 g/mol. The Morgan fingerprint density at radius 3 is 2.33 bits per heavy atom. The summed E-state index contributed by atoms with van der Waals surface area (Å²) in [5, 5.41) is 2.99. The molecule has 0 heterocycles. The van der Waals surface area contributed by atoms with Crippen molar-refractivity contribution in [2.24, 2.45) is 5.73 Å². The van der Waals surface area contributed by atoms with E-state index in [-0.39, 0.29) is 17.1 Å². The number of aryl methyl sites for hydroxylation is 1. The van der Waals surface area contributed by atoms with E-state index in [0.29, 0.717) is 6.54 Å². The lowest BCUT2D eigenvalue weighted by molar-refractivity contribution is -0.122. The van der Waals surface area contributed by atoms with Gasteiger partial charge in [0.2, 0.25) is 5.91 Å². The summed E-state index contributed by atoms with van der Waals surface area (Å²) < 4.78 is 13.1. The van der Waals surface area contributed by atoms with Gasteiger partial charge in [0, 0.05) is 12.0 Å². The minimum absolute atomic E-state index is 0.0869. The molecule has 0 radical (unpaired) electrons. The third-order valence-electron chi connectivity index (χ3n) is 5.09. The van der Waals surface area contributed by atoms with Gasteiger partial charge in [0.1, 0.15) is 11.9 Å². The highest BCUT2D eigenvalue weighted by molar-refractivity contribution is 5.83. The highest BCUT2D eigenvalue weighted by Crippen LogP contribution is 2.43. The van der Waals surface area contributed by atoms with Crippen LogP contribution in [-0.4, -0.2) is 12.5 Å². The summed E-state index contributed by atoms with van der Waals surface area (Å²) in [6.07, 6.45) is 3.12. The maximum atomic E-state index is 13.1. The summed E-state index contributed by atoms with van der Waals surface area (Å²) in [6, 6.07) is 13.6. The number of benzene rings is 2. The molecule has 1 aliphatic rings. The number of hydrogen-bond acceptors (Lipinski definition) is 2. The topological polar surface area (TPSA) is 55.1 Å². The van der Waals surface area contributed by atoms with E-state index in [0.717, 1.165) is 36.0 Å². The Morgan fingerprint density at radius 2 is 1.79 bits per heavy atom. The zero-order chi connectivity index (χ0) is 17.2. The summed E-state index contributed by atoms with van der Waals surface area (Å²) in [7, 11) is 0. The SMILES string of the molecule is Cc1ccc(C(N)C(=O)NCC2(c3ccc(F)cc3)CCC2)cc1. The van der Waals surface area contributed by atoms with E-state index in [9.17, 15) is 9.18 Å². The lowest BCUT2D eigenvalue weighted by Gasteiger charge is -2.42. The Morgan fingerprint density at radius 1 is 1.17 bits per heavy atom. The fraction of sp³-hybridized carbons (Fsp3) is 0.350. The molecule has 1 fully saturated rings. The van der Waals surface area contributed by atoms with Crippen LogP contribution in [0.1, 0.15) is 42.0 Å². The van der Waals surface area contributed by atoms with Crippen LogP contribution in [0.25, 0.3) is 0 Å². The van der Waals surface area contributed by atoms with E-state index in [4.69, 9.17) is 5.73 Å². The Balaban J connectivity index is 1.66. The molecule has 126 valence electrons. The second-order valence-electron chi connectivity index (χ2n) is 6.75. The fourth-order valence-corrected chi connectivity index (χ4v) is 3.27. The Hall–Kier alpha value is -2.20. The summed E-state index contributed by atoms with van der Waals surface area (Å²) in [6.45, 7) is 2.54. The second kappa shape index (κ2) is 6.73. The van der Waals surface area contributed by atoms with Crippen LogP contribution in [0.3, 0.4) is 0 Å². The highest BCUT2D eigenvalue weighted by atomic mass is 19.1. The molecule has 0 aromatic heterocycles. The number of halogens is 1. The molecule has 1 saturated carbocycles. The molecule has 3 N–H and O–H groups in total. The normalized spacial score (nSPS) is 17.0. The molecule has 1 amide bonds. The molecular formula is C20H23FN2O. The monoisotopic (exact) mass is 326 g/mol. The smallest absolute Gasteiger partial charge is 0.241 e. The molecule has 1 atom stereocenters. The van der Waals surface area contributed by atoms with Crippen molar-refractivity contribution in [3.8, 4) is 0 Å². The van der Waals surface area contributed by atoms with E-state index in [1.807, 2.05) is 43.3 Å². The van der Waals surface area contributed by atoms with Crippen molar-refractivity contribution < 1.29 is 9.18 Å². The lowest BCUT2D eigenvalue weighted by atomic mass is 9.64. The van der Waals surface area contributed by atoms with Crippen LogP contribution in [0.4, 0.5) is 4.39 Å². The van der Waals surface area contributed by atoms with Crippen LogP contribution in [0.2, 0.25) is 0 Å². The number of carbonyl (C=O) groups excluding carboxylic acids is 1. The largest absolute Gasteiger partial charge is 0.354 e. The fourth-order valence-electron chi connectivity index (χ4n) is 3.27. The van der Waals surface area contributed by atoms with Crippen molar-refractivity contribution in [2.45, 2.75) is 37.6 Å². The molecule has 1 aliphatic carbocycles. The summed E-state index contributed by atoms with van der Waals surface area (Å²) >= 11 is 0. The molecule has 0 aliphatic heterocycles. The quantitative estimate of drug-likeness (QED) is 0.885. The van der Waals surface area contributed by atoms with Crippen LogP contribution in [0, 0.1) is 12.7 Å². The molecule has 0 bridgehead atoms.